The standard InChI is InChI=1S/C10H13ClN2O3S2/c1-7(14)12-8-2-4-13(6-8)18(15,16)10-9(11)3-5-17-10/h3,5,8H,2,4,6H2,1H3,(H,12,14)/t8-/m0/s1. The summed E-state index contributed by atoms with van der Waals surface area (Å²) in [6.45, 7) is 2.13. The third kappa shape index (κ3) is 2.69. The summed E-state index contributed by atoms with van der Waals surface area (Å²) in [5.74, 6) is -0.145. The van der Waals surface area contributed by atoms with Crippen molar-refractivity contribution in [3.8, 4) is 0 Å². The van der Waals surface area contributed by atoms with Gasteiger partial charge in [0.1, 0.15) is 0 Å². The fraction of sp³-hybridized carbons (Fsp3) is 0.500. The number of sulfonamides is 1. The molecule has 0 bridgehead atoms. The van der Waals surface area contributed by atoms with E-state index in [4.69, 9.17) is 11.6 Å². The van der Waals surface area contributed by atoms with Crippen LogP contribution in [0, 0.1) is 0 Å². The molecule has 1 N–H and O–H groups in total. The van der Waals surface area contributed by atoms with Crippen molar-refractivity contribution in [2.24, 2.45) is 0 Å². The molecule has 0 unspecified atom stereocenters. The van der Waals surface area contributed by atoms with Crippen molar-refractivity contribution in [2.45, 2.75) is 23.6 Å². The largest absolute Gasteiger partial charge is 0.352 e. The van der Waals surface area contributed by atoms with Crippen molar-refractivity contribution >= 4 is 38.9 Å². The lowest BCUT2D eigenvalue weighted by atomic mass is 10.3. The smallest absolute Gasteiger partial charge is 0.254 e. The minimum absolute atomic E-state index is 0.115. The van der Waals surface area contributed by atoms with Crippen LogP contribution >= 0.6 is 22.9 Å². The molecule has 2 heterocycles. The van der Waals surface area contributed by atoms with Crippen LogP contribution in [0.25, 0.3) is 0 Å². The minimum Gasteiger partial charge on any atom is -0.352 e. The molecule has 0 aromatic carbocycles. The Kier molecular flexibility index (Phi) is 3.96. The summed E-state index contributed by atoms with van der Waals surface area (Å²) < 4.78 is 26.1. The van der Waals surface area contributed by atoms with Crippen LogP contribution in [0.2, 0.25) is 5.02 Å². The van der Waals surface area contributed by atoms with Crippen molar-refractivity contribution < 1.29 is 13.2 Å². The second kappa shape index (κ2) is 5.16. The van der Waals surface area contributed by atoms with Crippen LogP contribution in [0.5, 0.6) is 0 Å². The van der Waals surface area contributed by atoms with E-state index in [1.807, 2.05) is 0 Å². The van der Waals surface area contributed by atoms with Gasteiger partial charge >= 0.3 is 0 Å². The number of hydrogen-bond acceptors (Lipinski definition) is 4. The summed E-state index contributed by atoms with van der Waals surface area (Å²) in [7, 11) is -3.53. The Morgan fingerprint density at radius 2 is 2.33 bits per heavy atom. The first-order chi connectivity index (χ1) is 8.41. The van der Waals surface area contributed by atoms with Gasteiger partial charge in [0.25, 0.3) is 10.0 Å². The molecule has 0 spiro atoms. The zero-order valence-electron chi connectivity index (χ0n) is 9.72. The number of nitrogens with zero attached hydrogens (tertiary/aromatic N) is 1. The molecule has 1 aliphatic rings. The first-order valence-electron chi connectivity index (χ1n) is 5.41. The molecule has 1 amide bonds. The quantitative estimate of drug-likeness (QED) is 0.915. The molecule has 1 aromatic rings. The maximum Gasteiger partial charge on any atom is 0.254 e. The van der Waals surface area contributed by atoms with Gasteiger partial charge in [0.05, 0.1) is 5.02 Å². The monoisotopic (exact) mass is 308 g/mol. The maximum absolute atomic E-state index is 12.3. The van der Waals surface area contributed by atoms with E-state index in [0.717, 1.165) is 11.3 Å². The van der Waals surface area contributed by atoms with Crippen molar-refractivity contribution in [1.29, 1.82) is 0 Å². The molecular weight excluding hydrogens is 296 g/mol. The van der Waals surface area contributed by atoms with Crippen LogP contribution in [0.1, 0.15) is 13.3 Å². The van der Waals surface area contributed by atoms with E-state index in [0.29, 0.717) is 19.5 Å². The molecule has 0 aliphatic carbocycles. The van der Waals surface area contributed by atoms with E-state index >= 15 is 0 Å². The number of thiophene rings is 1. The molecule has 0 radical (unpaired) electrons. The van der Waals surface area contributed by atoms with Crippen molar-refractivity contribution in [1.82, 2.24) is 9.62 Å². The number of hydrogen-bond donors (Lipinski definition) is 1. The Balaban J connectivity index is 2.14. The number of amides is 1. The van der Waals surface area contributed by atoms with Crippen molar-refractivity contribution in [3.05, 3.63) is 16.5 Å². The topological polar surface area (TPSA) is 66.5 Å². The molecule has 18 heavy (non-hydrogen) atoms. The predicted molar refractivity (Wildman–Crippen MR) is 70.3 cm³/mol. The van der Waals surface area contributed by atoms with Crippen LogP contribution in [0.15, 0.2) is 15.7 Å². The summed E-state index contributed by atoms with van der Waals surface area (Å²) in [4.78, 5) is 10.9. The highest BCUT2D eigenvalue weighted by atomic mass is 35.5. The molecule has 8 heteroatoms. The summed E-state index contributed by atoms with van der Waals surface area (Å²) in [6, 6.07) is 1.46. The lowest BCUT2D eigenvalue weighted by Crippen LogP contribution is -2.37. The van der Waals surface area contributed by atoms with E-state index in [9.17, 15) is 13.2 Å². The van der Waals surface area contributed by atoms with Crippen molar-refractivity contribution in [3.63, 3.8) is 0 Å². The highest BCUT2D eigenvalue weighted by Crippen LogP contribution is 2.31. The van der Waals surface area contributed by atoms with Crippen molar-refractivity contribution in [2.75, 3.05) is 13.1 Å². The number of carbonyl (C=O) groups is 1. The number of nitrogens with one attached hydrogen (secondary N) is 1. The Hall–Kier alpha value is -0.630. The third-order valence-electron chi connectivity index (χ3n) is 2.72. The van der Waals surface area contributed by atoms with Crippen LogP contribution in [-0.4, -0.2) is 37.8 Å². The Labute approximate surface area is 115 Å². The van der Waals surface area contributed by atoms with Gasteiger partial charge in [0.2, 0.25) is 5.91 Å². The van der Waals surface area contributed by atoms with E-state index < -0.39 is 10.0 Å². The molecule has 1 aromatic heterocycles. The van der Waals surface area contributed by atoms with Crippen LogP contribution in [0.4, 0.5) is 0 Å². The maximum atomic E-state index is 12.3. The molecule has 1 saturated heterocycles. The van der Waals surface area contributed by atoms with Gasteiger partial charge in [-0.1, -0.05) is 11.6 Å². The average Bonchev–Trinajstić information content (AvgIpc) is 2.86. The van der Waals surface area contributed by atoms with Crippen LogP contribution < -0.4 is 5.32 Å². The summed E-state index contributed by atoms with van der Waals surface area (Å²) in [5, 5.41) is 4.63. The average molecular weight is 309 g/mol. The number of halogens is 1. The van der Waals surface area contributed by atoms with E-state index in [1.165, 1.54) is 11.2 Å². The van der Waals surface area contributed by atoms with Gasteiger partial charge in [-0.05, 0) is 17.9 Å². The fourth-order valence-electron chi connectivity index (χ4n) is 1.93. The highest BCUT2D eigenvalue weighted by molar-refractivity contribution is 7.91. The van der Waals surface area contributed by atoms with E-state index in [1.54, 1.807) is 11.4 Å². The summed E-state index contributed by atoms with van der Waals surface area (Å²) >= 11 is 6.97. The summed E-state index contributed by atoms with van der Waals surface area (Å²) in [5.41, 5.74) is 0. The van der Waals surface area contributed by atoms with E-state index in [2.05, 4.69) is 5.32 Å². The van der Waals surface area contributed by atoms with E-state index in [-0.39, 0.29) is 21.2 Å². The third-order valence-corrected chi connectivity index (χ3v) is 6.58. The second-order valence-electron chi connectivity index (χ2n) is 4.11. The molecule has 1 aliphatic heterocycles. The summed E-state index contributed by atoms with van der Waals surface area (Å²) in [6.07, 6.45) is 0.627. The molecule has 1 fully saturated rings. The minimum atomic E-state index is -3.53. The number of carbonyl (C=O) groups excluding carboxylic acids is 1. The SMILES string of the molecule is CC(=O)N[C@H]1CCN(S(=O)(=O)c2sccc2Cl)C1. The van der Waals surface area contributed by atoms with Gasteiger partial charge in [-0.25, -0.2) is 8.42 Å². The lowest BCUT2D eigenvalue weighted by Gasteiger charge is -2.16. The number of rotatable bonds is 3. The van der Waals surface area contributed by atoms with Gasteiger partial charge in [0.15, 0.2) is 4.21 Å². The normalized spacial score (nSPS) is 21.1. The molecule has 2 rings (SSSR count). The zero-order valence-corrected chi connectivity index (χ0v) is 12.1. The van der Waals surface area contributed by atoms with Gasteiger partial charge in [-0.3, -0.25) is 4.79 Å². The molecule has 0 saturated carbocycles. The van der Waals surface area contributed by atoms with Crippen LogP contribution in [-0.2, 0) is 14.8 Å². The van der Waals surface area contributed by atoms with Gasteiger partial charge < -0.3 is 5.32 Å². The van der Waals surface area contributed by atoms with Crippen LogP contribution in [0.3, 0.4) is 0 Å². The molecule has 5 nitrogen and oxygen atoms in total. The Morgan fingerprint density at radius 1 is 1.61 bits per heavy atom. The Morgan fingerprint density at radius 3 is 2.89 bits per heavy atom. The Bertz CT molecular complexity index is 555. The zero-order chi connectivity index (χ0) is 13.3. The van der Waals surface area contributed by atoms with Gasteiger partial charge in [-0.15, -0.1) is 11.3 Å². The molecule has 100 valence electrons. The second-order valence-corrected chi connectivity index (χ2v) is 7.56. The fourth-order valence-corrected chi connectivity index (χ4v) is 5.25. The molecular formula is C10H13ClN2O3S2. The first-order valence-corrected chi connectivity index (χ1v) is 8.11. The predicted octanol–water partition coefficient (Wildman–Crippen LogP) is 1.30. The highest BCUT2D eigenvalue weighted by Gasteiger charge is 2.34. The van der Waals surface area contributed by atoms with Gasteiger partial charge in [0, 0.05) is 26.1 Å². The first kappa shape index (κ1) is 13.8. The van der Waals surface area contributed by atoms with Gasteiger partial charge in [-0.2, -0.15) is 4.31 Å². The lowest BCUT2D eigenvalue weighted by molar-refractivity contribution is -0.119. The molecule has 1 atom stereocenters.